The van der Waals surface area contributed by atoms with Gasteiger partial charge >= 0.3 is 0 Å². The van der Waals surface area contributed by atoms with E-state index in [-0.39, 0.29) is 5.41 Å². The highest BCUT2D eigenvalue weighted by atomic mass is 14.9. The molecule has 1 aromatic carbocycles. The zero-order valence-corrected chi connectivity index (χ0v) is 17.9. The molecule has 0 radical (unpaired) electrons. The third kappa shape index (κ3) is 5.90. The van der Waals surface area contributed by atoms with Crippen molar-refractivity contribution in [1.29, 1.82) is 10.5 Å². The SMILES string of the molecule is N#CCCCCc1cnc(-c2ccc(C3(CCCCC#N)CCCCC3)cc2)nc1. The van der Waals surface area contributed by atoms with Crippen LogP contribution in [0.4, 0.5) is 0 Å². The highest BCUT2D eigenvalue weighted by Crippen LogP contribution is 2.43. The minimum absolute atomic E-state index is 0.278. The van der Waals surface area contributed by atoms with Crippen molar-refractivity contribution in [2.75, 3.05) is 0 Å². The molecular formula is C26H32N4. The summed E-state index contributed by atoms with van der Waals surface area (Å²) in [7, 11) is 0. The molecule has 0 N–H and O–H groups in total. The fourth-order valence-corrected chi connectivity index (χ4v) is 4.72. The van der Waals surface area contributed by atoms with E-state index in [9.17, 15) is 0 Å². The predicted molar refractivity (Wildman–Crippen MR) is 119 cm³/mol. The summed E-state index contributed by atoms with van der Waals surface area (Å²) in [5.74, 6) is 0.772. The Morgan fingerprint density at radius 3 is 2.07 bits per heavy atom. The Morgan fingerprint density at radius 1 is 0.800 bits per heavy atom. The van der Waals surface area contributed by atoms with Crippen LogP contribution in [0.25, 0.3) is 11.4 Å². The molecule has 1 aliphatic rings. The molecule has 3 rings (SSSR count). The number of hydrogen-bond donors (Lipinski definition) is 0. The smallest absolute Gasteiger partial charge is 0.159 e. The first-order valence-electron chi connectivity index (χ1n) is 11.4. The Hall–Kier alpha value is -2.72. The number of aromatic nitrogens is 2. The molecule has 2 aromatic rings. The minimum Gasteiger partial charge on any atom is -0.236 e. The lowest BCUT2D eigenvalue weighted by molar-refractivity contribution is 0.266. The Bertz CT molecular complexity index is 850. The summed E-state index contributed by atoms with van der Waals surface area (Å²) in [5, 5.41) is 17.5. The number of nitriles is 2. The van der Waals surface area contributed by atoms with Crippen molar-refractivity contribution in [1.82, 2.24) is 9.97 Å². The molecule has 0 atom stereocenters. The van der Waals surface area contributed by atoms with Crippen molar-refractivity contribution in [3.05, 3.63) is 47.8 Å². The first kappa shape index (κ1) is 22.0. The molecule has 156 valence electrons. The normalized spacial score (nSPS) is 15.3. The van der Waals surface area contributed by atoms with Crippen LogP contribution in [0.1, 0.15) is 88.2 Å². The Labute approximate surface area is 181 Å². The van der Waals surface area contributed by atoms with E-state index in [1.54, 1.807) is 0 Å². The van der Waals surface area contributed by atoms with Crippen molar-refractivity contribution < 1.29 is 0 Å². The van der Waals surface area contributed by atoms with Crippen LogP contribution in [0.5, 0.6) is 0 Å². The molecule has 1 saturated carbocycles. The molecule has 1 aliphatic carbocycles. The van der Waals surface area contributed by atoms with E-state index in [0.717, 1.165) is 49.1 Å². The highest BCUT2D eigenvalue weighted by Gasteiger charge is 2.33. The van der Waals surface area contributed by atoms with Crippen LogP contribution in [0, 0.1) is 22.7 Å². The highest BCUT2D eigenvalue weighted by molar-refractivity contribution is 5.55. The van der Waals surface area contributed by atoms with Gasteiger partial charge in [-0.15, -0.1) is 0 Å². The summed E-state index contributed by atoms with van der Waals surface area (Å²) in [4.78, 5) is 9.14. The molecule has 0 aliphatic heterocycles. The summed E-state index contributed by atoms with van der Waals surface area (Å²) < 4.78 is 0. The maximum atomic E-state index is 8.83. The van der Waals surface area contributed by atoms with Gasteiger partial charge in [0.1, 0.15) is 0 Å². The second kappa shape index (κ2) is 11.5. The monoisotopic (exact) mass is 400 g/mol. The minimum atomic E-state index is 0.278. The van der Waals surface area contributed by atoms with E-state index in [4.69, 9.17) is 10.5 Å². The standard InChI is InChI=1S/C26H32N4/c27-18-8-1-4-10-22-20-29-25(30-21-22)23-11-13-24(14-12-23)26(15-5-2-6-16-26)17-7-3-9-19-28/h11-14,20-21H,1-10,15-17H2. The van der Waals surface area contributed by atoms with Crippen LogP contribution in [0.15, 0.2) is 36.7 Å². The van der Waals surface area contributed by atoms with Gasteiger partial charge in [0.25, 0.3) is 0 Å². The van der Waals surface area contributed by atoms with E-state index in [1.807, 2.05) is 12.4 Å². The van der Waals surface area contributed by atoms with Crippen molar-refractivity contribution in [2.45, 2.75) is 88.9 Å². The van der Waals surface area contributed by atoms with Gasteiger partial charge in [0.05, 0.1) is 12.1 Å². The Balaban J connectivity index is 1.66. The summed E-state index contributed by atoms with van der Waals surface area (Å²) in [6, 6.07) is 13.4. The summed E-state index contributed by atoms with van der Waals surface area (Å²) in [5.41, 5.74) is 3.91. The molecule has 30 heavy (non-hydrogen) atoms. The van der Waals surface area contributed by atoms with Crippen molar-refractivity contribution in [2.24, 2.45) is 0 Å². The number of rotatable bonds is 10. The third-order valence-corrected chi connectivity index (χ3v) is 6.47. The van der Waals surface area contributed by atoms with Crippen LogP contribution < -0.4 is 0 Å². The van der Waals surface area contributed by atoms with Crippen LogP contribution in [-0.2, 0) is 11.8 Å². The first-order valence-corrected chi connectivity index (χ1v) is 11.4. The van der Waals surface area contributed by atoms with Crippen molar-refractivity contribution in [3.63, 3.8) is 0 Å². The fraction of sp³-hybridized carbons (Fsp3) is 0.538. The van der Waals surface area contributed by atoms with E-state index >= 15 is 0 Å². The van der Waals surface area contributed by atoms with Crippen LogP contribution in [0.2, 0.25) is 0 Å². The van der Waals surface area contributed by atoms with Crippen LogP contribution in [0.3, 0.4) is 0 Å². The lowest BCUT2D eigenvalue weighted by Gasteiger charge is -2.38. The molecule has 0 unspecified atom stereocenters. The van der Waals surface area contributed by atoms with Gasteiger partial charge in [-0.1, -0.05) is 49.9 Å². The van der Waals surface area contributed by atoms with Gasteiger partial charge in [0.15, 0.2) is 5.82 Å². The number of aryl methyl sites for hydroxylation is 1. The average Bonchev–Trinajstić information content (AvgIpc) is 2.81. The van der Waals surface area contributed by atoms with E-state index in [1.165, 1.54) is 44.1 Å². The molecule has 1 heterocycles. The summed E-state index contributed by atoms with van der Waals surface area (Å²) >= 11 is 0. The summed E-state index contributed by atoms with van der Waals surface area (Å²) in [6.45, 7) is 0. The van der Waals surface area contributed by atoms with Gasteiger partial charge in [0, 0.05) is 30.8 Å². The zero-order chi connectivity index (χ0) is 21.1. The second-order valence-corrected chi connectivity index (χ2v) is 8.56. The molecule has 1 aromatic heterocycles. The van der Waals surface area contributed by atoms with Crippen LogP contribution >= 0.6 is 0 Å². The number of unbranched alkanes of at least 4 members (excludes halogenated alkanes) is 4. The van der Waals surface area contributed by atoms with E-state index in [0.29, 0.717) is 12.8 Å². The van der Waals surface area contributed by atoms with E-state index in [2.05, 4.69) is 46.4 Å². The molecule has 0 amide bonds. The molecule has 0 bridgehead atoms. The van der Waals surface area contributed by atoms with Gasteiger partial charge in [0.2, 0.25) is 0 Å². The van der Waals surface area contributed by atoms with Gasteiger partial charge < -0.3 is 0 Å². The topological polar surface area (TPSA) is 73.4 Å². The van der Waals surface area contributed by atoms with Gasteiger partial charge in [-0.25, -0.2) is 9.97 Å². The van der Waals surface area contributed by atoms with Crippen molar-refractivity contribution >= 4 is 0 Å². The van der Waals surface area contributed by atoms with E-state index < -0.39 is 0 Å². The summed E-state index contributed by atoms with van der Waals surface area (Å²) in [6.07, 6.45) is 17.8. The quantitative estimate of drug-likeness (QED) is 0.418. The Kier molecular flexibility index (Phi) is 8.40. The molecule has 0 spiro atoms. The lowest BCUT2D eigenvalue weighted by atomic mass is 9.66. The zero-order valence-electron chi connectivity index (χ0n) is 17.9. The molecule has 0 saturated heterocycles. The van der Waals surface area contributed by atoms with Gasteiger partial charge in [-0.3, -0.25) is 0 Å². The van der Waals surface area contributed by atoms with Crippen molar-refractivity contribution in [3.8, 4) is 23.5 Å². The van der Waals surface area contributed by atoms with Gasteiger partial charge in [-0.05, 0) is 61.5 Å². The third-order valence-electron chi connectivity index (χ3n) is 6.47. The fourth-order valence-electron chi connectivity index (χ4n) is 4.72. The number of nitrogens with zero attached hydrogens (tertiary/aromatic N) is 4. The maximum Gasteiger partial charge on any atom is 0.159 e. The largest absolute Gasteiger partial charge is 0.236 e. The molecule has 1 fully saturated rings. The number of hydrogen-bond acceptors (Lipinski definition) is 4. The first-order chi connectivity index (χ1) is 14.8. The molecular weight excluding hydrogens is 368 g/mol. The van der Waals surface area contributed by atoms with Crippen LogP contribution in [-0.4, -0.2) is 9.97 Å². The second-order valence-electron chi connectivity index (χ2n) is 8.56. The molecule has 4 heteroatoms. The number of benzene rings is 1. The maximum absolute atomic E-state index is 8.83. The molecule has 4 nitrogen and oxygen atoms in total. The van der Waals surface area contributed by atoms with Gasteiger partial charge in [-0.2, -0.15) is 10.5 Å². The Morgan fingerprint density at radius 2 is 1.43 bits per heavy atom. The predicted octanol–water partition coefficient (Wildman–Crippen LogP) is 6.67. The average molecular weight is 401 g/mol. The lowest BCUT2D eigenvalue weighted by Crippen LogP contribution is -2.29.